The van der Waals surface area contributed by atoms with Crippen LogP contribution in [0, 0.1) is 16.0 Å². The predicted molar refractivity (Wildman–Crippen MR) is 87.3 cm³/mol. The highest BCUT2D eigenvalue weighted by atomic mass is 16.6. The van der Waals surface area contributed by atoms with Crippen LogP contribution in [0.3, 0.4) is 0 Å². The number of piperidine rings is 2. The lowest BCUT2D eigenvalue weighted by Gasteiger charge is -2.32. The average molecular weight is 335 g/mol. The van der Waals surface area contributed by atoms with E-state index in [9.17, 15) is 14.9 Å². The molecule has 0 atom stereocenters. The van der Waals surface area contributed by atoms with Crippen molar-refractivity contribution in [3.63, 3.8) is 0 Å². The van der Waals surface area contributed by atoms with E-state index < -0.39 is 10.9 Å². The number of nitro groups is 1. The van der Waals surface area contributed by atoms with Gasteiger partial charge >= 0.3 is 11.7 Å². The number of hydrogen-bond donors (Lipinski definition) is 1. The fourth-order valence-corrected chi connectivity index (χ4v) is 3.43. The van der Waals surface area contributed by atoms with Gasteiger partial charge in [0.15, 0.2) is 0 Å². The van der Waals surface area contributed by atoms with Crippen LogP contribution in [0.1, 0.15) is 32.1 Å². The zero-order chi connectivity index (χ0) is 17.1. The molecule has 0 spiro atoms. The topological polar surface area (TPSA) is 113 Å². The maximum atomic E-state index is 11.7. The minimum Gasteiger partial charge on any atom is -0.481 e. The number of hydrogen-bond acceptors (Lipinski definition) is 7. The number of aliphatic carboxylic acids is 1. The molecule has 3 heterocycles. The number of carboxylic acids is 1. The standard InChI is InChI=1S/C15H21N5O4/c21-15(22)11-4-8-19(9-5-11)14-12(20(23)24)13(16-10-17-14)18-6-2-1-3-7-18/h10-11H,1-9H2,(H,21,22). The molecule has 1 aromatic rings. The van der Waals surface area contributed by atoms with Gasteiger partial charge in [0.25, 0.3) is 0 Å². The molecular formula is C15H21N5O4. The molecule has 1 N–H and O–H groups in total. The second-order valence-electron chi connectivity index (χ2n) is 6.27. The lowest BCUT2D eigenvalue weighted by atomic mass is 9.97. The lowest BCUT2D eigenvalue weighted by Crippen LogP contribution is -2.38. The molecule has 0 amide bonds. The number of carboxylic acid groups (broad SMARTS) is 1. The fraction of sp³-hybridized carbons (Fsp3) is 0.667. The van der Waals surface area contributed by atoms with Crippen molar-refractivity contribution in [3.05, 3.63) is 16.4 Å². The Bertz CT molecular complexity index is 624. The smallest absolute Gasteiger partial charge is 0.353 e. The Morgan fingerprint density at radius 2 is 1.62 bits per heavy atom. The maximum Gasteiger partial charge on any atom is 0.353 e. The molecule has 9 nitrogen and oxygen atoms in total. The van der Waals surface area contributed by atoms with Crippen LogP contribution < -0.4 is 9.80 Å². The molecule has 1 aromatic heterocycles. The van der Waals surface area contributed by atoms with Crippen LogP contribution in [0.15, 0.2) is 6.33 Å². The van der Waals surface area contributed by atoms with Crippen molar-refractivity contribution in [2.45, 2.75) is 32.1 Å². The van der Waals surface area contributed by atoms with E-state index in [0.717, 1.165) is 32.4 Å². The third-order valence-electron chi connectivity index (χ3n) is 4.77. The van der Waals surface area contributed by atoms with Crippen molar-refractivity contribution in [3.8, 4) is 0 Å². The number of anilines is 2. The van der Waals surface area contributed by atoms with E-state index in [4.69, 9.17) is 5.11 Å². The van der Waals surface area contributed by atoms with Gasteiger partial charge in [-0.2, -0.15) is 0 Å². The quantitative estimate of drug-likeness (QED) is 0.653. The second-order valence-corrected chi connectivity index (χ2v) is 6.27. The third kappa shape index (κ3) is 3.24. The third-order valence-corrected chi connectivity index (χ3v) is 4.77. The van der Waals surface area contributed by atoms with Gasteiger partial charge in [0.2, 0.25) is 11.6 Å². The first-order valence-electron chi connectivity index (χ1n) is 8.30. The van der Waals surface area contributed by atoms with Gasteiger partial charge in [0.1, 0.15) is 6.33 Å². The van der Waals surface area contributed by atoms with Gasteiger partial charge < -0.3 is 14.9 Å². The van der Waals surface area contributed by atoms with Gasteiger partial charge in [-0.15, -0.1) is 0 Å². The van der Waals surface area contributed by atoms with Crippen LogP contribution in [0.5, 0.6) is 0 Å². The van der Waals surface area contributed by atoms with Crippen molar-refractivity contribution in [2.24, 2.45) is 5.92 Å². The van der Waals surface area contributed by atoms with Crippen LogP contribution in [-0.2, 0) is 4.79 Å². The first-order valence-corrected chi connectivity index (χ1v) is 8.30. The highest BCUT2D eigenvalue weighted by molar-refractivity contribution is 5.73. The molecule has 2 aliphatic rings. The Morgan fingerprint density at radius 3 is 2.12 bits per heavy atom. The number of carbonyl (C=O) groups is 1. The zero-order valence-corrected chi connectivity index (χ0v) is 13.4. The molecular weight excluding hydrogens is 314 g/mol. The SMILES string of the molecule is O=C(O)C1CCN(c2ncnc(N3CCCCC3)c2[N+](=O)[O-])CC1. The van der Waals surface area contributed by atoms with Crippen LogP contribution in [0.2, 0.25) is 0 Å². The molecule has 2 fully saturated rings. The Labute approximate surface area is 139 Å². The molecule has 0 bridgehead atoms. The van der Waals surface area contributed by atoms with E-state index in [1.807, 2.05) is 9.80 Å². The van der Waals surface area contributed by atoms with Gasteiger partial charge in [-0.05, 0) is 32.1 Å². The Balaban J connectivity index is 1.88. The van der Waals surface area contributed by atoms with E-state index in [2.05, 4.69) is 9.97 Å². The van der Waals surface area contributed by atoms with Gasteiger partial charge in [-0.25, -0.2) is 9.97 Å². The lowest BCUT2D eigenvalue weighted by molar-refractivity contribution is -0.383. The van der Waals surface area contributed by atoms with Gasteiger partial charge in [0.05, 0.1) is 10.8 Å². The van der Waals surface area contributed by atoms with Crippen molar-refractivity contribution in [1.29, 1.82) is 0 Å². The molecule has 9 heteroatoms. The van der Waals surface area contributed by atoms with E-state index in [0.29, 0.717) is 37.6 Å². The number of rotatable bonds is 4. The highest BCUT2D eigenvalue weighted by Crippen LogP contribution is 2.36. The predicted octanol–water partition coefficient (Wildman–Crippen LogP) is 1.68. The molecule has 0 saturated carbocycles. The molecule has 0 unspecified atom stereocenters. The normalized spacial score (nSPS) is 19.3. The Kier molecular flexibility index (Phi) is 4.77. The van der Waals surface area contributed by atoms with Crippen LogP contribution in [-0.4, -0.2) is 52.1 Å². The van der Waals surface area contributed by atoms with Gasteiger partial charge in [-0.1, -0.05) is 0 Å². The summed E-state index contributed by atoms with van der Waals surface area (Å²) in [4.78, 5) is 34.4. The summed E-state index contributed by atoms with van der Waals surface area (Å²) < 4.78 is 0. The minimum atomic E-state index is -0.805. The average Bonchev–Trinajstić information content (AvgIpc) is 2.61. The molecule has 2 aliphatic heterocycles. The monoisotopic (exact) mass is 335 g/mol. The summed E-state index contributed by atoms with van der Waals surface area (Å²) in [6.45, 7) is 2.43. The Hall–Kier alpha value is -2.45. The van der Waals surface area contributed by atoms with E-state index in [1.54, 1.807) is 0 Å². The first-order chi connectivity index (χ1) is 11.6. The first kappa shape index (κ1) is 16.4. The van der Waals surface area contributed by atoms with Crippen molar-refractivity contribution >= 4 is 23.3 Å². The Morgan fingerprint density at radius 1 is 1.08 bits per heavy atom. The summed E-state index contributed by atoms with van der Waals surface area (Å²) in [7, 11) is 0. The second kappa shape index (κ2) is 6.98. The van der Waals surface area contributed by atoms with Gasteiger partial charge in [0, 0.05) is 26.2 Å². The molecule has 24 heavy (non-hydrogen) atoms. The summed E-state index contributed by atoms with van der Waals surface area (Å²) in [6.07, 6.45) is 5.44. The van der Waals surface area contributed by atoms with E-state index in [-0.39, 0.29) is 11.6 Å². The summed E-state index contributed by atoms with van der Waals surface area (Å²) >= 11 is 0. The molecule has 0 aromatic carbocycles. The van der Waals surface area contributed by atoms with Crippen LogP contribution >= 0.6 is 0 Å². The van der Waals surface area contributed by atoms with Crippen molar-refractivity contribution in [2.75, 3.05) is 36.0 Å². The van der Waals surface area contributed by atoms with Crippen LogP contribution in [0.25, 0.3) is 0 Å². The summed E-state index contributed by atoms with van der Waals surface area (Å²) in [5.41, 5.74) is -0.0619. The maximum absolute atomic E-state index is 11.7. The summed E-state index contributed by atoms with van der Waals surface area (Å²) in [6, 6.07) is 0. The molecule has 0 aliphatic carbocycles. The van der Waals surface area contributed by atoms with Gasteiger partial charge in [-0.3, -0.25) is 14.9 Å². The van der Waals surface area contributed by atoms with Crippen molar-refractivity contribution in [1.82, 2.24) is 9.97 Å². The highest BCUT2D eigenvalue weighted by Gasteiger charge is 2.33. The number of nitrogens with zero attached hydrogens (tertiary/aromatic N) is 5. The largest absolute Gasteiger partial charge is 0.481 e. The van der Waals surface area contributed by atoms with E-state index in [1.165, 1.54) is 6.33 Å². The molecule has 2 saturated heterocycles. The van der Waals surface area contributed by atoms with E-state index >= 15 is 0 Å². The zero-order valence-electron chi connectivity index (χ0n) is 13.4. The molecule has 130 valence electrons. The molecule has 3 rings (SSSR count). The number of aromatic nitrogens is 2. The minimum absolute atomic E-state index is 0.0619. The summed E-state index contributed by atoms with van der Waals surface area (Å²) in [5.74, 6) is -0.506. The fourth-order valence-electron chi connectivity index (χ4n) is 3.43. The van der Waals surface area contributed by atoms with Crippen LogP contribution in [0.4, 0.5) is 17.3 Å². The summed E-state index contributed by atoms with van der Waals surface area (Å²) in [5, 5.41) is 20.8. The molecule has 0 radical (unpaired) electrons. The van der Waals surface area contributed by atoms with Crippen molar-refractivity contribution < 1.29 is 14.8 Å².